The van der Waals surface area contributed by atoms with E-state index in [1.54, 1.807) is 12.1 Å². The van der Waals surface area contributed by atoms with Gasteiger partial charge in [-0.1, -0.05) is 5.92 Å². The van der Waals surface area contributed by atoms with Gasteiger partial charge in [-0.2, -0.15) is 0 Å². The highest BCUT2D eigenvalue weighted by Gasteiger charge is 2.00. The van der Waals surface area contributed by atoms with Crippen molar-refractivity contribution >= 4 is 11.9 Å². The molecule has 5 nitrogen and oxygen atoms in total. The normalized spacial score (nSPS) is 8.80. The number of nitrogens with two attached hydrogens (primary N) is 1. The maximum absolute atomic E-state index is 10.3. The number of carbonyl (C=O) groups is 2. The van der Waals surface area contributed by atoms with Crippen LogP contribution in [0.2, 0.25) is 0 Å². The molecule has 0 bridgehead atoms. The molecular weight excluding hydrogens is 196 g/mol. The lowest BCUT2D eigenvalue weighted by molar-refractivity contribution is -0.136. The molecular formula is C10H8N2O3. The molecule has 0 atom stereocenters. The summed E-state index contributed by atoms with van der Waals surface area (Å²) in [5, 5.41) is 8.48. The molecule has 1 heterocycles. The minimum Gasteiger partial charge on any atom is -0.481 e. The van der Waals surface area contributed by atoms with Gasteiger partial charge in [0.1, 0.15) is 0 Å². The average Bonchev–Trinajstić information content (AvgIpc) is 2.16. The van der Waals surface area contributed by atoms with E-state index in [0.29, 0.717) is 11.3 Å². The number of amides is 1. The van der Waals surface area contributed by atoms with Crippen molar-refractivity contribution in [2.24, 2.45) is 5.73 Å². The summed E-state index contributed by atoms with van der Waals surface area (Å²) in [5.41, 5.74) is 5.78. The Morgan fingerprint density at radius 1 is 1.47 bits per heavy atom. The first kappa shape index (κ1) is 10.7. The summed E-state index contributed by atoms with van der Waals surface area (Å²) in [6.45, 7) is 0. The largest absolute Gasteiger partial charge is 0.481 e. The summed E-state index contributed by atoms with van der Waals surface area (Å²) in [6, 6.07) is 3.13. The molecule has 0 saturated carbocycles. The van der Waals surface area contributed by atoms with Crippen molar-refractivity contribution in [3.63, 3.8) is 0 Å². The minimum atomic E-state index is -0.946. The van der Waals surface area contributed by atoms with Gasteiger partial charge in [-0.15, -0.1) is 0 Å². The molecule has 0 radical (unpaired) electrons. The number of carboxylic acids is 1. The fourth-order valence-corrected chi connectivity index (χ4v) is 0.892. The molecule has 1 amide bonds. The third kappa shape index (κ3) is 3.91. The fourth-order valence-electron chi connectivity index (χ4n) is 0.892. The van der Waals surface area contributed by atoms with Crippen LogP contribution in [0.4, 0.5) is 0 Å². The lowest BCUT2D eigenvalue weighted by Crippen LogP contribution is -2.06. The van der Waals surface area contributed by atoms with Crippen molar-refractivity contribution in [1.29, 1.82) is 0 Å². The van der Waals surface area contributed by atoms with Crippen LogP contribution in [0, 0.1) is 11.8 Å². The van der Waals surface area contributed by atoms with Gasteiger partial charge in [0.2, 0.25) is 0 Å². The van der Waals surface area contributed by atoms with E-state index in [0.717, 1.165) is 0 Å². The Labute approximate surface area is 85.9 Å². The van der Waals surface area contributed by atoms with E-state index >= 15 is 0 Å². The van der Waals surface area contributed by atoms with E-state index in [9.17, 15) is 9.59 Å². The molecule has 1 aromatic rings. The van der Waals surface area contributed by atoms with Crippen molar-refractivity contribution in [2.75, 3.05) is 0 Å². The van der Waals surface area contributed by atoms with Crippen LogP contribution in [-0.4, -0.2) is 22.0 Å². The van der Waals surface area contributed by atoms with Gasteiger partial charge < -0.3 is 10.8 Å². The van der Waals surface area contributed by atoms with Crippen LogP contribution >= 0.6 is 0 Å². The number of hydrogen-bond acceptors (Lipinski definition) is 3. The van der Waals surface area contributed by atoms with Gasteiger partial charge in [-0.05, 0) is 12.1 Å². The predicted molar refractivity (Wildman–Crippen MR) is 51.6 cm³/mol. The number of hydrogen-bond donors (Lipinski definition) is 2. The van der Waals surface area contributed by atoms with Gasteiger partial charge in [0.15, 0.2) is 0 Å². The van der Waals surface area contributed by atoms with Crippen molar-refractivity contribution < 1.29 is 14.7 Å². The van der Waals surface area contributed by atoms with Crippen LogP contribution in [0.1, 0.15) is 11.3 Å². The second-order valence-electron chi connectivity index (χ2n) is 2.72. The number of carbonyl (C=O) groups excluding carboxylic acids is 1. The highest BCUT2D eigenvalue weighted by molar-refractivity contribution is 5.92. The van der Waals surface area contributed by atoms with E-state index in [-0.39, 0.29) is 6.42 Å². The Balaban J connectivity index is 2.78. The van der Waals surface area contributed by atoms with Gasteiger partial charge in [0.25, 0.3) is 5.91 Å². The molecule has 76 valence electrons. The average molecular weight is 204 g/mol. The molecule has 15 heavy (non-hydrogen) atoms. The van der Waals surface area contributed by atoms with Crippen molar-refractivity contribution in [3.05, 3.63) is 29.6 Å². The molecule has 0 fully saturated rings. The molecule has 0 saturated heterocycles. The van der Waals surface area contributed by atoms with Crippen molar-refractivity contribution in [3.8, 4) is 11.8 Å². The zero-order valence-corrected chi connectivity index (χ0v) is 7.73. The summed E-state index contributed by atoms with van der Waals surface area (Å²) in [6.07, 6.45) is 1.26. The zero-order chi connectivity index (χ0) is 11.3. The summed E-state index contributed by atoms with van der Waals surface area (Å²) in [5.74, 6) is 2.98. The topological polar surface area (TPSA) is 93.3 Å². The van der Waals surface area contributed by atoms with Gasteiger partial charge in [-0.25, -0.2) is 0 Å². The van der Waals surface area contributed by atoms with Gasteiger partial charge in [-0.3, -0.25) is 14.6 Å². The van der Waals surface area contributed by atoms with Crippen LogP contribution in [0.3, 0.4) is 0 Å². The number of carboxylic acid groups (broad SMARTS) is 1. The number of rotatable bonds is 2. The van der Waals surface area contributed by atoms with Crippen LogP contribution in [-0.2, 0) is 16.0 Å². The Bertz CT molecular complexity index is 440. The SMILES string of the molecule is NC(=O)C#Cc1ccc(CC(=O)O)nc1. The Hall–Kier alpha value is -2.35. The minimum absolute atomic E-state index is 0.135. The molecule has 0 spiro atoms. The molecule has 0 aliphatic heterocycles. The molecule has 3 N–H and O–H groups in total. The van der Waals surface area contributed by atoms with E-state index in [4.69, 9.17) is 10.8 Å². The van der Waals surface area contributed by atoms with E-state index < -0.39 is 11.9 Å². The summed E-state index contributed by atoms with van der Waals surface area (Å²) in [7, 11) is 0. The van der Waals surface area contributed by atoms with Gasteiger partial charge >= 0.3 is 5.97 Å². The number of aromatic nitrogens is 1. The molecule has 0 aromatic carbocycles. The zero-order valence-electron chi connectivity index (χ0n) is 7.73. The molecule has 5 heteroatoms. The lowest BCUT2D eigenvalue weighted by atomic mass is 10.2. The van der Waals surface area contributed by atoms with Crippen LogP contribution in [0.15, 0.2) is 18.3 Å². The Morgan fingerprint density at radius 2 is 2.20 bits per heavy atom. The molecule has 1 aromatic heterocycles. The standard InChI is InChI=1S/C10H8N2O3/c11-9(13)4-2-7-1-3-8(12-6-7)5-10(14)15/h1,3,6H,5H2,(H2,11,13)(H,14,15). The predicted octanol–water partition coefficient (Wildman–Crippen LogP) is -0.454. The molecule has 0 aliphatic rings. The second kappa shape index (κ2) is 4.77. The Morgan fingerprint density at radius 3 is 2.67 bits per heavy atom. The lowest BCUT2D eigenvalue weighted by Gasteiger charge is -1.95. The number of primary amides is 1. The first-order valence-corrected chi connectivity index (χ1v) is 4.06. The first-order valence-electron chi connectivity index (χ1n) is 4.06. The monoisotopic (exact) mass is 204 g/mol. The number of aliphatic carboxylic acids is 1. The van der Waals surface area contributed by atoms with Crippen molar-refractivity contribution in [2.45, 2.75) is 6.42 Å². The van der Waals surface area contributed by atoms with E-state index in [1.165, 1.54) is 6.20 Å². The maximum Gasteiger partial charge on any atom is 0.309 e. The van der Waals surface area contributed by atoms with Crippen LogP contribution in [0.5, 0.6) is 0 Å². The van der Waals surface area contributed by atoms with Crippen LogP contribution in [0.25, 0.3) is 0 Å². The molecule has 1 rings (SSSR count). The maximum atomic E-state index is 10.3. The summed E-state index contributed by atoms with van der Waals surface area (Å²) >= 11 is 0. The number of pyridine rings is 1. The van der Waals surface area contributed by atoms with Crippen molar-refractivity contribution in [1.82, 2.24) is 4.98 Å². The van der Waals surface area contributed by atoms with E-state index in [2.05, 4.69) is 16.8 Å². The Kier molecular flexibility index (Phi) is 3.41. The van der Waals surface area contributed by atoms with Gasteiger partial charge in [0, 0.05) is 17.7 Å². The highest BCUT2D eigenvalue weighted by atomic mass is 16.4. The third-order valence-electron chi connectivity index (χ3n) is 1.49. The number of nitrogens with zero attached hydrogens (tertiary/aromatic N) is 1. The smallest absolute Gasteiger partial charge is 0.309 e. The van der Waals surface area contributed by atoms with Gasteiger partial charge in [0.05, 0.1) is 12.1 Å². The van der Waals surface area contributed by atoms with E-state index in [1.807, 2.05) is 0 Å². The molecule has 0 unspecified atom stereocenters. The third-order valence-corrected chi connectivity index (χ3v) is 1.49. The highest BCUT2D eigenvalue weighted by Crippen LogP contribution is 1.99. The second-order valence-corrected chi connectivity index (χ2v) is 2.72. The fraction of sp³-hybridized carbons (Fsp3) is 0.100. The summed E-state index contributed by atoms with van der Waals surface area (Å²) < 4.78 is 0. The molecule has 0 aliphatic carbocycles. The quantitative estimate of drug-likeness (QED) is 0.638. The van der Waals surface area contributed by atoms with Crippen LogP contribution < -0.4 is 5.73 Å². The first-order chi connectivity index (χ1) is 7.08. The summed E-state index contributed by atoms with van der Waals surface area (Å²) in [4.78, 5) is 24.5.